The van der Waals surface area contributed by atoms with Gasteiger partial charge in [-0.15, -0.1) is 11.3 Å². The summed E-state index contributed by atoms with van der Waals surface area (Å²) in [5.41, 5.74) is 0.0729. The van der Waals surface area contributed by atoms with Gasteiger partial charge in [-0.1, -0.05) is 24.1 Å². The topological polar surface area (TPSA) is 68.0 Å². The number of nitrogens with one attached hydrogen (secondary N) is 1. The van der Waals surface area contributed by atoms with E-state index in [2.05, 4.69) is 15.5 Å². The zero-order valence-electron chi connectivity index (χ0n) is 14.1. The summed E-state index contributed by atoms with van der Waals surface area (Å²) in [5, 5.41) is 7.68. The summed E-state index contributed by atoms with van der Waals surface area (Å²) in [6.07, 6.45) is 3.54. The van der Waals surface area contributed by atoms with Crippen LogP contribution in [0.4, 0.5) is 4.39 Å². The minimum absolute atomic E-state index is 0.206. The fourth-order valence-corrected chi connectivity index (χ4v) is 4.74. The van der Waals surface area contributed by atoms with Crippen LogP contribution in [0.1, 0.15) is 52.6 Å². The number of carbonyl (C=O) groups excluding carboxylic acids is 1. The molecule has 1 aromatic carbocycles. The molecule has 5 nitrogen and oxygen atoms in total. The van der Waals surface area contributed by atoms with Crippen LogP contribution >= 0.6 is 11.3 Å². The number of carbonyl (C=O) groups is 1. The van der Waals surface area contributed by atoms with Crippen molar-refractivity contribution in [2.24, 2.45) is 0 Å². The van der Waals surface area contributed by atoms with Crippen molar-refractivity contribution < 1.29 is 13.7 Å². The molecule has 130 valence electrons. The molecule has 0 spiro atoms. The highest BCUT2D eigenvalue weighted by Crippen LogP contribution is 2.39. The second-order valence-electron chi connectivity index (χ2n) is 6.55. The van der Waals surface area contributed by atoms with Gasteiger partial charge in [0.2, 0.25) is 5.89 Å². The summed E-state index contributed by atoms with van der Waals surface area (Å²) in [6, 6.07) is 4.92. The van der Waals surface area contributed by atoms with Crippen molar-refractivity contribution in [3.63, 3.8) is 0 Å². The van der Waals surface area contributed by atoms with Crippen molar-refractivity contribution in [2.45, 2.75) is 45.1 Å². The van der Waals surface area contributed by atoms with Gasteiger partial charge < -0.3 is 9.84 Å². The van der Waals surface area contributed by atoms with E-state index < -0.39 is 5.54 Å². The first-order chi connectivity index (χ1) is 12.0. The minimum Gasteiger partial charge on any atom is -0.340 e. The zero-order valence-corrected chi connectivity index (χ0v) is 14.9. The molecule has 1 fully saturated rings. The highest BCUT2D eigenvalue weighted by Gasteiger charge is 2.41. The lowest BCUT2D eigenvalue weighted by atomic mass is 9.96. The second kappa shape index (κ2) is 5.91. The van der Waals surface area contributed by atoms with Gasteiger partial charge in [0.25, 0.3) is 5.91 Å². The smallest absolute Gasteiger partial charge is 0.262 e. The largest absolute Gasteiger partial charge is 0.340 e. The van der Waals surface area contributed by atoms with Crippen LogP contribution < -0.4 is 5.32 Å². The highest BCUT2D eigenvalue weighted by atomic mass is 32.1. The summed E-state index contributed by atoms with van der Waals surface area (Å²) in [5.74, 6) is 0.508. The fraction of sp³-hybridized carbons (Fsp3) is 0.389. The monoisotopic (exact) mass is 359 g/mol. The quantitative estimate of drug-likeness (QED) is 0.759. The van der Waals surface area contributed by atoms with Crippen LogP contribution in [-0.4, -0.2) is 16.0 Å². The summed E-state index contributed by atoms with van der Waals surface area (Å²) < 4.78 is 20.0. The molecular formula is C18H18FN3O2S. The molecule has 0 atom stereocenters. The number of thiophene rings is 1. The summed E-state index contributed by atoms with van der Waals surface area (Å²) in [7, 11) is 0. The molecular weight excluding hydrogens is 341 g/mol. The Kier molecular flexibility index (Phi) is 3.83. The van der Waals surface area contributed by atoms with Gasteiger partial charge in [-0.3, -0.25) is 4.79 Å². The predicted octanol–water partition coefficient (Wildman–Crippen LogP) is 4.24. The number of halogens is 1. The van der Waals surface area contributed by atoms with E-state index in [1.165, 1.54) is 17.4 Å². The Bertz CT molecular complexity index is 957. The van der Waals surface area contributed by atoms with Gasteiger partial charge in [0.05, 0.1) is 4.88 Å². The SMILES string of the molecule is Cc1nc(C2(NC(=O)c3sc4cccc(F)c4c3C)CCCC2)no1. The van der Waals surface area contributed by atoms with Gasteiger partial charge in [0, 0.05) is 17.0 Å². The van der Waals surface area contributed by atoms with Crippen LogP contribution in [0.15, 0.2) is 22.7 Å². The van der Waals surface area contributed by atoms with E-state index >= 15 is 0 Å². The summed E-state index contributed by atoms with van der Waals surface area (Å²) >= 11 is 1.31. The van der Waals surface area contributed by atoms with Crippen molar-refractivity contribution in [3.8, 4) is 0 Å². The number of aromatic nitrogens is 2. The first kappa shape index (κ1) is 16.2. The molecule has 0 radical (unpaired) electrons. The number of hydrogen-bond acceptors (Lipinski definition) is 5. The van der Waals surface area contributed by atoms with Gasteiger partial charge in [-0.05, 0) is 37.5 Å². The first-order valence-electron chi connectivity index (χ1n) is 8.31. The molecule has 1 N–H and O–H groups in total. The highest BCUT2D eigenvalue weighted by molar-refractivity contribution is 7.21. The standard InChI is InChI=1S/C18H18FN3O2S/c1-10-14-12(19)6-5-7-13(14)25-15(10)16(23)21-18(8-3-4-9-18)17-20-11(2)24-22-17/h5-7H,3-4,8-9H2,1-2H3,(H,21,23). The van der Waals surface area contributed by atoms with E-state index in [0.29, 0.717) is 27.5 Å². The normalized spacial score (nSPS) is 16.4. The third-order valence-electron chi connectivity index (χ3n) is 4.87. The average molecular weight is 359 g/mol. The van der Waals surface area contributed by atoms with Crippen molar-refractivity contribution in [1.82, 2.24) is 15.5 Å². The Morgan fingerprint density at radius 3 is 2.72 bits per heavy atom. The molecule has 0 saturated heterocycles. The van der Waals surface area contributed by atoms with Crippen LogP contribution in [0.2, 0.25) is 0 Å². The molecule has 1 aliphatic rings. The van der Waals surface area contributed by atoms with Crippen LogP contribution in [0.5, 0.6) is 0 Å². The Balaban J connectivity index is 1.71. The maximum atomic E-state index is 14.1. The van der Waals surface area contributed by atoms with E-state index in [1.54, 1.807) is 19.9 Å². The Hall–Kier alpha value is -2.28. The van der Waals surface area contributed by atoms with Crippen LogP contribution in [0, 0.1) is 19.7 Å². The van der Waals surface area contributed by atoms with E-state index in [0.717, 1.165) is 30.4 Å². The van der Waals surface area contributed by atoms with E-state index in [4.69, 9.17) is 4.52 Å². The third-order valence-corrected chi connectivity index (χ3v) is 6.13. The lowest BCUT2D eigenvalue weighted by Crippen LogP contribution is -2.44. The van der Waals surface area contributed by atoms with Crippen LogP contribution in [0.3, 0.4) is 0 Å². The molecule has 0 aliphatic heterocycles. The van der Waals surface area contributed by atoms with Gasteiger partial charge >= 0.3 is 0 Å². The molecule has 0 bridgehead atoms. The molecule has 4 rings (SSSR count). The van der Waals surface area contributed by atoms with E-state index in [9.17, 15) is 9.18 Å². The van der Waals surface area contributed by atoms with Gasteiger partial charge in [-0.2, -0.15) is 4.98 Å². The van der Waals surface area contributed by atoms with E-state index in [-0.39, 0.29) is 11.7 Å². The molecule has 0 unspecified atom stereocenters. The predicted molar refractivity (Wildman–Crippen MR) is 93.2 cm³/mol. The second-order valence-corrected chi connectivity index (χ2v) is 7.60. The average Bonchev–Trinajstić information content (AvgIpc) is 3.28. The third kappa shape index (κ3) is 2.63. The fourth-order valence-electron chi connectivity index (χ4n) is 3.62. The number of nitrogens with zero attached hydrogens (tertiary/aromatic N) is 2. The number of rotatable bonds is 3. The Morgan fingerprint density at radius 1 is 1.32 bits per heavy atom. The first-order valence-corrected chi connectivity index (χ1v) is 9.13. The van der Waals surface area contributed by atoms with Crippen molar-refractivity contribution in [1.29, 1.82) is 0 Å². The van der Waals surface area contributed by atoms with Gasteiger partial charge in [0.1, 0.15) is 11.4 Å². The number of amides is 1. The van der Waals surface area contributed by atoms with Crippen molar-refractivity contribution >= 4 is 27.3 Å². The molecule has 7 heteroatoms. The Morgan fingerprint density at radius 2 is 2.08 bits per heavy atom. The maximum Gasteiger partial charge on any atom is 0.262 e. The van der Waals surface area contributed by atoms with E-state index in [1.807, 2.05) is 6.07 Å². The number of aryl methyl sites for hydroxylation is 2. The molecule has 2 aromatic heterocycles. The molecule has 3 aromatic rings. The van der Waals surface area contributed by atoms with Crippen molar-refractivity contribution in [3.05, 3.63) is 46.2 Å². The number of fused-ring (bicyclic) bond motifs is 1. The number of hydrogen-bond donors (Lipinski definition) is 1. The van der Waals surface area contributed by atoms with Gasteiger partial charge in [0.15, 0.2) is 5.82 Å². The lowest BCUT2D eigenvalue weighted by molar-refractivity contribution is 0.0895. The zero-order chi connectivity index (χ0) is 17.6. The lowest BCUT2D eigenvalue weighted by Gasteiger charge is -2.26. The van der Waals surface area contributed by atoms with Crippen LogP contribution in [0.25, 0.3) is 10.1 Å². The van der Waals surface area contributed by atoms with Gasteiger partial charge in [-0.25, -0.2) is 4.39 Å². The van der Waals surface area contributed by atoms with Crippen molar-refractivity contribution in [2.75, 3.05) is 0 Å². The molecule has 1 aliphatic carbocycles. The Labute approximate surface area is 148 Å². The molecule has 1 saturated carbocycles. The summed E-state index contributed by atoms with van der Waals surface area (Å²) in [4.78, 5) is 17.9. The molecule has 25 heavy (non-hydrogen) atoms. The van der Waals surface area contributed by atoms with Crippen LogP contribution in [-0.2, 0) is 5.54 Å². The molecule has 1 amide bonds. The molecule has 2 heterocycles. The summed E-state index contributed by atoms with van der Waals surface area (Å²) in [6.45, 7) is 3.52. The number of benzene rings is 1. The minimum atomic E-state index is -0.601. The maximum absolute atomic E-state index is 14.1.